The summed E-state index contributed by atoms with van der Waals surface area (Å²) >= 11 is 0. The number of hydrogen-bond acceptors (Lipinski definition) is 11. The number of ketones is 7. The molecular formula is C41H48N2O11. The molecule has 2 aromatic rings. The number of amides is 2. The highest BCUT2D eigenvalue weighted by Gasteiger charge is 2.48. The first-order valence-electron chi connectivity index (χ1n) is 18.0. The normalized spacial score (nSPS) is 17.9. The van der Waals surface area contributed by atoms with Gasteiger partial charge in [0.05, 0.1) is 12.1 Å². The molecule has 0 radical (unpaired) electrons. The van der Waals surface area contributed by atoms with E-state index < -0.39 is 87.8 Å². The minimum absolute atomic E-state index is 0.0310. The number of ether oxygens (including phenoxy) is 2. The van der Waals surface area contributed by atoms with E-state index in [1.807, 2.05) is 27.7 Å². The second-order valence-electron chi connectivity index (χ2n) is 16.6. The Kier molecular flexibility index (Phi) is 11.9. The van der Waals surface area contributed by atoms with Crippen LogP contribution >= 0.6 is 0 Å². The third kappa shape index (κ3) is 9.23. The van der Waals surface area contributed by atoms with Crippen LogP contribution in [0.15, 0.2) is 36.4 Å². The van der Waals surface area contributed by atoms with E-state index in [4.69, 9.17) is 9.47 Å². The first-order valence-corrected chi connectivity index (χ1v) is 18.0. The minimum atomic E-state index is -1.73. The molecule has 0 aliphatic heterocycles. The zero-order chi connectivity index (χ0) is 40.6. The van der Waals surface area contributed by atoms with Gasteiger partial charge >= 0.3 is 12.2 Å². The van der Waals surface area contributed by atoms with Crippen molar-refractivity contribution in [2.75, 3.05) is 0 Å². The molecule has 0 heterocycles. The molecular weight excluding hydrogens is 696 g/mol. The number of carbonyl (C=O) groups excluding carboxylic acids is 9. The lowest BCUT2D eigenvalue weighted by Crippen LogP contribution is -2.48. The van der Waals surface area contributed by atoms with Gasteiger partial charge in [0.25, 0.3) is 0 Å². The average Bonchev–Trinajstić information content (AvgIpc) is 3.43. The summed E-state index contributed by atoms with van der Waals surface area (Å²) in [6.07, 6.45) is -1.47. The molecule has 0 fully saturated rings. The average molecular weight is 745 g/mol. The molecule has 0 saturated heterocycles. The van der Waals surface area contributed by atoms with Crippen molar-refractivity contribution in [3.63, 3.8) is 0 Å². The van der Waals surface area contributed by atoms with Crippen LogP contribution in [0.5, 0.6) is 0 Å². The van der Waals surface area contributed by atoms with E-state index in [0.29, 0.717) is 0 Å². The van der Waals surface area contributed by atoms with E-state index in [0.717, 1.165) is 0 Å². The molecule has 288 valence electrons. The zero-order valence-corrected chi connectivity index (χ0v) is 32.3. The molecule has 4 rings (SSSR count). The van der Waals surface area contributed by atoms with E-state index in [1.165, 1.54) is 36.4 Å². The van der Waals surface area contributed by atoms with Gasteiger partial charge in [-0.3, -0.25) is 33.6 Å². The number of carbonyl (C=O) groups is 9. The Morgan fingerprint density at radius 2 is 0.870 bits per heavy atom. The molecule has 0 spiro atoms. The van der Waals surface area contributed by atoms with Gasteiger partial charge in [-0.2, -0.15) is 0 Å². The van der Waals surface area contributed by atoms with E-state index in [-0.39, 0.29) is 58.1 Å². The topological polar surface area (TPSA) is 196 Å². The fourth-order valence-corrected chi connectivity index (χ4v) is 6.49. The third-order valence-electron chi connectivity index (χ3n) is 8.73. The van der Waals surface area contributed by atoms with Gasteiger partial charge < -0.3 is 20.1 Å². The van der Waals surface area contributed by atoms with Crippen LogP contribution in [0.2, 0.25) is 0 Å². The Morgan fingerprint density at radius 1 is 0.556 bits per heavy atom. The lowest BCUT2D eigenvalue weighted by atomic mass is 9.89. The second-order valence-corrected chi connectivity index (χ2v) is 16.6. The smallest absolute Gasteiger partial charge is 0.408 e. The van der Waals surface area contributed by atoms with Gasteiger partial charge in [0, 0.05) is 33.4 Å². The van der Waals surface area contributed by atoms with Crippen LogP contribution < -0.4 is 10.6 Å². The number of fused-ring (bicyclic) bond motifs is 2. The van der Waals surface area contributed by atoms with Gasteiger partial charge in [-0.15, -0.1) is 0 Å². The summed E-state index contributed by atoms with van der Waals surface area (Å²) in [6, 6.07) is 5.21. The summed E-state index contributed by atoms with van der Waals surface area (Å²) in [4.78, 5) is 120. The van der Waals surface area contributed by atoms with Gasteiger partial charge in [-0.25, -0.2) is 9.59 Å². The van der Waals surface area contributed by atoms with Gasteiger partial charge in [0.2, 0.25) is 0 Å². The molecule has 0 aromatic heterocycles. The lowest BCUT2D eigenvalue weighted by molar-refractivity contribution is -0.123. The van der Waals surface area contributed by atoms with Crippen LogP contribution in [0.3, 0.4) is 0 Å². The predicted molar refractivity (Wildman–Crippen MR) is 196 cm³/mol. The van der Waals surface area contributed by atoms with Crippen molar-refractivity contribution in [2.24, 2.45) is 23.7 Å². The monoisotopic (exact) mass is 744 g/mol. The highest BCUT2D eigenvalue weighted by Crippen LogP contribution is 2.33. The van der Waals surface area contributed by atoms with Crippen molar-refractivity contribution in [1.29, 1.82) is 0 Å². The Bertz CT molecular complexity index is 1810. The molecule has 4 atom stereocenters. The predicted octanol–water partition coefficient (Wildman–Crippen LogP) is 5.93. The quantitative estimate of drug-likeness (QED) is 0.193. The number of hydrogen-bond donors (Lipinski definition) is 2. The Labute approximate surface area is 314 Å². The van der Waals surface area contributed by atoms with E-state index in [9.17, 15) is 43.2 Å². The largest absolute Gasteiger partial charge is 0.444 e. The number of alkyl carbamates (subject to hydrolysis) is 2. The van der Waals surface area contributed by atoms with Gasteiger partial charge in [0.15, 0.2) is 40.5 Å². The summed E-state index contributed by atoms with van der Waals surface area (Å²) in [7, 11) is 0. The van der Waals surface area contributed by atoms with Crippen LogP contribution in [0, 0.1) is 23.7 Å². The number of nitrogens with one attached hydrogen (secondary N) is 2. The van der Waals surface area contributed by atoms with Crippen molar-refractivity contribution in [3.05, 3.63) is 69.8 Å². The molecule has 2 amide bonds. The maximum atomic E-state index is 13.7. The SMILES string of the molecule is CC(C)C[C@@H](NC(=O)OC(C)(C)C)C(=O)C1C(=O)c2ccc(C(=O)c3ccc4c(c3)C(=O)C(C(=O)[C@@H](CC(C)C)NC(=O)OC(C)(C)C)C4=O)cc2C1=O. The Balaban J connectivity index is 1.57. The van der Waals surface area contributed by atoms with Crippen molar-refractivity contribution in [1.82, 2.24) is 10.6 Å². The summed E-state index contributed by atoms with van der Waals surface area (Å²) in [5.41, 5.74) is -2.16. The highest BCUT2D eigenvalue weighted by atomic mass is 16.6. The molecule has 0 bridgehead atoms. The van der Waals surface area contributed by atoms with Crippen LogP contribution in [0.25, 0.3) is 0 Å². The van der Waals surface area contributed by atoms with Crippen molar-refractivity contribution >= 4 is 52.7 Å². The van der Waals surface area contributed by atoms with Crippen molar-refractivity contribution < 1.29 is 52.6 Å². The van der Waals surface area contributed by atoms with Crippen LogP contribution in [0.4, 0.5) is 9.59 Å². The molecule has 0 saturated carbocycles. The Morgan fingerprint density at radius 3 is 1.17 bits per heavy atom. The maximum Gasteiger partial charge on any atom is 0.408 e. The lowest BCUT2D eigenvalue weighted by Gasteiger charge is -2.25. The van der Waals surface area contributed by atoms with Gasteiger partial charge in [-0.05, 0) is 90.5 Å². The molecule has 2 aliphatic carbocycles. The molecule has 13 heteroatoms. The summed E-state index contributed by atoms with van der Waals surface area (Å²) in [5, 5.41) is 5.00. The van der Waals surface area contributed by atoms with Crippen LogP contribution in [-0.2, 0) is 19.1 Å². The first kappa shape index (κ1) is 41.4. The maximum absolute atomic E-state index is 13.7. The summed E-state index contributed by atoms with van der Waals surface area (Å²) in [5.74, 6) is -9.04. The molecule has 2 aromatic carbocycles. The third-order valence-corrected chi connectivity index (χ3v) is 8.73. The molecule has 13 nitrogen and oxygen atoms in total. The summed E-state index contributed by atoms with van der Waals surface area (Å²) in [6.45, 7) is 17.2. The van der Waals surface area contributed by atoms with Gasteiger partial charge in [0.1, 0.15) is 23.0 Å². The second kappa shape index (κ2) is 15.6. The van der Waals surface area contributed by atoms with E-state index in [2.05, 4.69) is 10.6 Å². The van der Waals surface area contributed by atoms with Crippen molar-refractivity contribution in [2.45, 2.75) is 105 Å². The first-order chi connectivity index (χ1) is 24.9. The van der Waals surface area contributed by atoms with Gasteiger partial charge in [-0.1, -0.05) is 39.8 Å². The summed E-state index contributed by atoms with van der Waals surface area (Å²) < 4.78 is 10.6. The van der Waals surface area contributed by atoms with Crippen LogP contribution in [-0.4, -0.2) is 76.0 Å². The zero-order valence-electron chi connectivity index (χ0n) is 32.3. The molecule has 2 aliphatic rings. The fourth-order valence-electron chi connectivity index (χ4n) is 6.49. The fraction of sp³-hybridized carbons (Fsp3) is 0.488. The van der Waals surface area contributed by atoms with E-state index in [1.54, 1.807) is 41.5 Å². The minimum Gasteiger partial charge on any atom is -0.444 e. The van der Waals surface area contributed by atoms with Crippen molar-refractivity contribution in [3.8, 4) is 0 Å². The standard InChI is InChI=1S/C41H48N2O11/c1-19(2)15-27(42-38(51)53-40(5,6)7)36(49)29-32(45)23-13-11-21(17-25(23)34(29)47)31(44)22-12-14-24-26(18-22)35(48)30(33(24)46)37(50)28(16-20(3)4)43-39(52)54-41(8,9)10/h11-14,17-20,27-30H,15-16H2,1-10H3,(H,42,51)(H,43,52)/t27-,28-,29?,30?/m1/s1. The number of Topliss-reactive ketones (excluding diaryl/α,β-unsaturated/α-hetero) is 6. The number of rotatable bonds is 12. The number of benzene rings is 2. The van der Waals surface area contributed by atoms with Crippen LogP contribution in [0.1, 0.15) is 139 Å². The molecule has 54 heavy (non-hydrogen) atoms. The Hall–Kier alpha value is -5.33. The highest BCUT2D eigenvalue weighted by molar-refractivity contribution is 6.38. The molecule has 2 unspecified atom stereocenters. The van der Waals surface area contributed by atoms with E-state index >= 15 is 0 Å². The molecule has 2 N–H and O–H groups in total.